The summed E-state index contributed by atoms with van der Waals surface area (Å²) in [7, 11) is -0.678. The molecule has 0 aromatic heterocycles. The van der Waals surface area contributed by atoms with Crippen molar-refractivity contribution in [3.05, 3.63) is 27.8 Å². The molecule has 0 atom stereocenters. The molecule has 0 unspecified atom stereocenters. The number of aryl methyl sites for hydroxylation is 1. The van der Waals surface area contributed by atoms with Crippen LogP contribution in [0.15, 0.2) is 12.1 Å². The SMILES string of the molecule is Cc1cc(B2OC(C)(C)C(C)(C)O2)c(OCC2CC2)c([N+](=O)[O-])c1. The third-order valence-electron chi connectivity index (χ3n) is 5.11. The lowest BCUT2D eigenvalue weighted by molar-refractivity contribution is -0.385. The second kappa shape index (κ2) is 5.74. The highest BCUT2D eigenvalue weighted by Gasteiger charge is 2.53. The Hall–Kier alpha value is -1.60. The van der Waals surface area contributed by atoms with E-state index in [2.05, 4.69) is 0 Å². The van der Waals surface area contributed by atoms with E-state index in [4.69, 9.17) is 14.0 Å². The number of ether oxygens (including phenoxy) is 1. The molecule has 24 heavy (non-hydrogen) atoms. The Balaban J connectivity index is 2.00. The van der Waals surface area contributed by atoms with Gasteiger partial charge in [-0.3, -0.25) is 10.1 Å². The second-order valence-corrected chi connectivity index (χ2v) is 7.80. The molecule has 1 aliphatic heterocycles. The largest absolute Gasteiger partial charge is 0.498 e. The lowest BCUT2D eigenvalue weighted by atomic mass is 9.77. The molecule has 3 rings (SSSR count). The fourth-order valence-corrected chi connectivity index (χ4v) is 2.71. The summed E-state index contributed by atoms with van der Waals surface area (Å²) >= 11 is 0. The first kappa shape index (κ1) is 17.2. The third kappa shape index (κ3) is 3.15. The van der Waals surface area contributed by atoms with E-state index in [1.807, 2.05) is 40.7 Å². The Morgan fingerprint density at radius 1 is 1.25 bits per heavy atom. The minimum Gasteiger partial charge on any atom is -0.487 e. The van der Waals surface area contributed by atoms with Crippen molar-refractivity contribution in [2.24, 2.45) is 5.92 Å². The summed E-state index contributed by atoms with van der Waals surface area (Å²) in [6.07, 6.45) is 2.23. The summed E-state index contributed by atoms with van der Waals surface area (Å²) in [5.74, 6) is 0.771. The van der Waals surface area contributed by atoms with Crippen molar-refractivity contribution in [1.82, 2.24) is 0 Å². The van der Waals surface area contributed by atoms with Crippen molar-refractivity contribution in [3.63, 3.8) is 0 Å². The molecule has 0 spiro atoms. The lowest BCUT2D eigenvalue weighted by Gasteiger charge is -2.32. The van der Waals surface area contributed by atoms with Crippen LogP contribution >= 0.6 is 0 Å². The zero-order chi connectivity index (χ0) is 17.7. The molecular weight excluding hydrogens is 309 g/mol. The van der Waals surface area contributed by atoms with Gasteiger partial charge in [-0.05, 0) is 58.9 Å². The van der Waals surface area contributed by atoms with Gasteiger partial charge in [-0.15, -0.1) is 0 Å². The number of hydrogen-bond donors (Lipinski definition) is 0. The van der Waals surface area contributed by atoms with Gasteiger partial charge >= 0.3 is 12.8 Å². The second-order valence-electron chi connectivity index (χ2n) is 7.80. The van der Waals surface area contributed by atoms with E-state index in [9.17, 15) is 10.1 Å². The predicted molar refractivity (Wildman–Crippen MR) is 91.8 cm³/mol. The Morgan fingerprint density at radius 3 is 2.33 bits per heavy atom. The molecule has 1 aliphatic carbocycles. The van der Waals surface area contributed by atoms with Gasteiger partial charge < -0.3 is 14.0 Å². The topological polar surface area (TPSA) is 70.8 Å². The summed E-state index contributed by atoms with van der Waals surface area (Å²) in [5.41, 5.74) is 0.333. The molecule has 0 bridgehead atoms. The fourth-order valence-electron chi connectivity index (χ4n) is 2.71. The number of hydrogen-bond acceptors (Lipinski definition) is 5. The van der Waals surface area contributed by atoms with Gasteiger partial charge in [0.25, 0.3) is 0 Å². The molecule has 6 nitrogen and oxygen atoms in total. The van der Waals surface area contributed by atoms with Crippen molar-refractivity contribution in [2.45, 2.75) is 58.7 Å². The molecule has 2 fully saturated rings. The van der Waals surface area contributed by atoms with E-state index < -0.39 is 23.2 Å². The van der Waals surface area contributed by atoms with E-state index in [0.29, 0.717) is 18.0 Å². The van der Waals surface area contributed by atoms with Gasteiger partial charge in [-0.25, -0.2) is 0 Å². The summed E-state index contributed by atoms with van der Waals surface area (Å²) in [6, 6.07) is 3.40. The van der Waals surface area contributed by atoms with E-state index in [1.165, 1.54) is 6.07 Å². The van der Waals surface area contributed by atoms with Gasteiger partial charge in [0.15, 0.2) is 5.75 Å². The molecule has 0 radical (unpaired) electrons. The molecule has 130 valence electrons. The third-order valence-corrected chi connectivity index (χ3v) is 5.11. The Morgan fingerprint density at radius 2 is 1.83 bits per heavy atom. The number of nitro groups is 1. The first-order valence-corrected chi connectivity index (χ1v) is 8.38. The van der Waals surface area contributed by atoms with Crippen molar-refractivity contribution >= 4 is 18.3 Å². The minimum absolute atomic E-state index is 0.0274. The molecule has 1 heterocycles. The first-order valence-electron chi connectivity index (χ1n) is 8.38. The van der Waals surface area contributed by atoms with E-state index in [0.717, 1.165) is 18.4 Å². The zero-order valence-corrected chi connectivity index (χ0v) is 14.9. The van der Waals surface area contributed by atoms with Crippen molar-refractivity contribution in [3.8, 4) is 5.75 Å². The molecular formula is C17H24BNO5. The van der Waals surface area contributed by atoms with Crippen LogP contribution in [0.2, 0.25) is 0 Å². The minimum atomic E-state index is -0.678. The monoisotopic (exact) mass is 333 g/mol. The van der Waals surface area contributed by atoms with Gasteiger partial charge in [0.2, 0.25) is 0 Å². The van der Waals surface area contributed by atoms with Crippen molar-refractivity contribution in [2.75, 3.05) is 6.61 Å². The molecule has 1 saturated carbocycles. The number of rotatable bonds is 5. The molecule has 2 aliphatic rings. The van der Waals surface area contributed by atoms with E-state index in [-0.39, 0.29) is 11.4 Å². The van der Waals surface area contributed by atoms with Crippen LogP contribution in [0.5, 0.6) is 5.75 Å². The maximum Gasteiger partial charge on any atom is 0.498 e. The van der Waals surface area contributed by atoms with Gasteiger partial charge in [0, 0.05) is 11.5 Å². The Kier molecular flexibility index (Phi) is 4.12. The fraction of sp³-hybridized carbons (Fsp3) is 0.647. The van der Waals surface area contributed by atoms with E-state index in [1.54, 1.807) is 0 Å². The molecule has 1 aromatic carbocycles. The van der Waals surface area contributed by atoms with Gasteiger partial charge in [-0.2, -0.15) is 0 Å². The number of nitrogens with zero attached hydrogens (tertiary/aromatic N) is 1. The Labute approximate surface area is 142 Å². The van der Waals surface area contributed by atoms with Crippen LogP contribution in [0.1, 0.15) is 46.1 Å². The molecule has 0 amide bonds. The number of nitro benzene ring substituents is 1. The van der Waals surface area contributed by atoms with Crippen molar-refractivity contribution in [1.29, 1.82) is 0 Å². The summed E-state index contributed by atoms with van der Waals surface area (Å²) in [6.45, 7) is 10.2. The zero-order valence-electron chi connectivity index (χ0n) is 14.9. The average Bonchev–Trinajstić information content (AvgIpc) is 3.24. The lowest BCUT2D eigenvalue weighted by Crippen LogP contribution is -2.41. The molecule has 7 heteroatoms. The normalized spacial score (nSPS) is 21.8. The molecule has 1 aromatic rings. The van der Waals surface area contributed by atoms with Crippen LogP contribution in [0, 0.1) is 23.0 Å². The highest BCUT2D eigenvalue weighted by atomic mass is 16.7. The summed E-state index contributed by atoms with van der Waals surface area (Å²) in [4.78, 5) is 11.1. The van der Waals surface area contributed by atoms with Crippen LogP contribution in [0.4, 0.5) is 5.69 Å². The maximum absolute atomic E-state index is 11.5. The number of benzene rings is 1. The van der Waals surface area contributed by atoms with Crippen LogP contribution < -0.4 is 10.2 Å². The quantitative estimate of drug-likeness (QED) is 0.471. The highest BCUT2D eigenvalue weighted by Crippen LogP contribution is 2.39. The van der Waals surface area contributed by atoms with Crippen LogP contribution in [0.25, 0.3) is 0 Å². The van der Waals surface area contributed by atoms with Gasteiger partial charge in [0.1, 0.15) is 0 Å². The maximum atomic E-state index is 11.5. The van der Waals surface area contributed by atoms with Crippen LogP contribution in [-0.4, -0.2) is 29.9 Å². The van der Waals surface area contributed by atoms with Gasteiger partial charge in [-0.1, -0.05) is 6.07 Å². The highest BCUT2D eigenvalue weighted by molar-refractivity contribution is 6.63. The summed E-state index contributed by atoms with van der Waals surface area (Å²) in [5, 5.41) is 11.5. The Bertz CT molecular complexity index is 653. The van der Waals surface area contributed by atoms with Gasteiger partial charge in [0.05, 0.1) is 22.7 Å². The summed E-state index contributed by atoms with van der Waals surface area (Å²) < 4.78 is 18.0. The predicted octanol–water partition coefficient (Wildman–Crippen LogP) is 2.99. The van der Waals surface area contributed by atoms with Crippen LogP contribution in [-0.2, 0) is 9.31 Å². The van der Waals surface area contributed by atoms with E-state index >= 15 is 0 Å². The first-order chi connectivity index (χ1) is 11.1. The molecule has 0 N–H and O–H groups in total. The standard InChI is InChI=1S/C17H24BNO5/c1-11-8-13(18-23-16(2,3)17(4,5)24-18)15(14(9-11)19(20)21)22-10-12-6-7-12/h8-9,12H,6-7,10H2,1-5H3. The van der Waals surface area contributed by atoms with Crippen molar-refractivity contribution < 1.29 is 19.0 Å². The smallest absolute Gasteiger partial charge is 0.487 e. The molecule has 1 saturated heterocycles. The average molecular weight is 333 g/mol. The van der Waals surface area contributed by atoms with Crippen LogP contribution in [0.3, 0.4) is 0 Å².